The Hall–Kier alpha value is -2.46. The average molecular weight is 332 g/mol. The lowest BCUT2D eigenvalue weighted by Gasteiger charge is -2.09. The SMILES string of the molecule is COc1ccc(C=CC(=O)Nc2cc(O)ccc2CCCl)cc1. The fraction of sp³-hybridized carbons (Fsp3) is 0.167. The minimum atomic E-state index is -0.276. The van der Waals surface area contributed by atoms with E-state index in [1.165, 1.54) is 12.1 Å². The zero-order chi connectivity index (χ0) is 16.7. The summed E-state index contributed by atoms with van der Waals surface area (Å²) in [7, 11) is 1.60. The molecule has 0 bridgehead atoms. The van der Waals surface area contributed by atoms with Crippen LogP contribution in [0.25, 0.3) is 6.08 Å². The number of nitrogens with one attached hydrogen (secondary N) is 1. The van der Waals surface area contributed by atoms with Gasteiger partial charge in [-0.2, -0.15) is 0 Å². The van der Waals surface area contributed by atoms with Crippen molar-refractivity contribution in [2.24, 2.45) is 0 Å². The zero-order valence-corrected chi connectivity index (χ0v) is 13.5. The van der Waals surface area contributed by atoms with Gasteiger partial charge in [0.1, 0.15) is 11.5 Å². The number of alkyl halides is 1. The van der Waals surface area contributed by atoms with Crippen molar-refractivity contribution >= 4 is 29.3 Å². The van der Waals surface area contributed by atoms with Gasteiger partial charge in [-0.3, -0.25) is 4.79 Å². The number of anilines is 1. The number of hydrogen-bond acceptors (Lipinski definition) is 3. The van der Waals surface area contributed by atoms with E-state index in [1.807, 2.05) is 24.3 Å². The molecular weight excluding hydrogens is 314 g/mol. The maximum Gasteiger partial charge on any atom is 0.248 e. The summed E-state index contributed by atoms with van der Waals surface area (Å²) in [6.45, 7) is 0. The van der Waals surface area contributed by atoms with Gasteiger partial charge >= 0.3 is 0 Å². The van der Waals surface area contributed by atoms with Gasteiger partial charge in [0, 0.05) is 23.7 Å². The van der Waals surface area contributed by atoms with E-state index in [0.717, 1.165) is 16.9 Å². The third-order valence-electron chi connectivity index (χ3n) is 3.26. The molecule has 0 fully saturated rings. The Kier molecular flexibility index (Phi) is 6.06. The first-order valence-electron chi connectivity index (χ1n) is 7.13. The van der Waals surface area contributed by atoms with E-state index in [2.05, 4.69) is 5.32 Å². The van der Waals surface area contributed by atoms with E-state index in [0.29, 0.717) is 18.0 Å². The number of methoxy groups -OCH3 is 1. The molecule has 0 radical (unpaired) electrons. The summed E-state index contributed by atoms with van der Waals surface area (Å²) in [6, 6.07) is 12.2. The van der Waals surface area contributed by atoms with Crippen molar-refractivity contribution in [1.82, 2.24) is 0 Å². The summed E-state index contributed by atoms with van der Waals surface area (Å²) in [6.07, 6.45) is 3.76. The van der Waals surface area contributed by atoms with Crippen LogP contribution < -0.4 is 10.1 Å². The van der Waals surface area contributed by atoms with Gasteiger partial charge < -0.3 is 15.2 Å². The predicted molar refractivity (Wildman–Crippen MR) is 93.2 cm³/mol. The van der Waals surface area contributed by atoms with E-state index < -0.39 is 0 Å². The first-order valence-corrected chi connectivity index (χ1v) is 7.67. The summed E-state index contributed by atoms with van der Waals surface area (Å²) >= 11 is 5.75. The van der Waals surface area contributed by atoms with Crippen molar-refractivity contribution in [1.29, 1.82) is 0 Å². The van der Waals surface area contributed by atoms with Gasteiger partial charge in [-0.1, -0.05) is 18.2 Å². The average Bonchev–Trinajstić information content (AvgIpc) is 2.56. The molecule has 2 rings (SSSR count). The highest BCUT2D eigenvalue weighted by Crippen LogP contribution is 2.22. The molecule has 0 atom stereocenters. The second-order valence-electron chi connectivity index (χ2n) is 4.88. The minimum Gasteiger partial charge on any atom is -0.508 e. The Labute approximate surface area is 140 Å². The number of carbonyl (C=O) groups is 1. The minimum absolute atomic E-state index is 0.0951. The summed E-state index contributed by atoms with van der Waals surface area (Å²) in [4.78, 5) is 12.0. The maximum atomic E-state index is 12.0. The number of aromatic hydroxyl groups is 1. The molecule has 5 heteroatoms. The lowest BCUT2D eigenvalue weighted by molar-refractivity contribution is -0.111. The summed E-state index contributed by atoms with van der Waals surface area (Å²) in [5, 5.41) is 12.3. The Morgan fingerprint density at radius 3 is 2.65 bits per heavy atom. The largest absolute Gasteiger partial charge is 0.508 e. The topological polar surface area (TPSA) is 58.6 Å². The van der Waals surface area contributed by atoms with Gasteiger partial charge in [-0.15, -0.1) is 11.6 Å². The molecule has 0 saturated heterocycles. The second-order valence-corrected chi connectivity index (χ2v) is 5.25. The van der Waals surface area contributed by atoms with Crippen LogP contribution in [0.2, 0.25) is 0 Å². The molecule has 0 aliphatic carbocycles. The summed E-state index contributed by atoms with van der Waals surface area (Å²) < 4.78 is 5.08. The lowest BCUT2D eigenvalue weighted by Crippen LogP contribution is -2.10. The van der Waals surface area contributed by atoms with Crippen LogP contribution in [0, 0.1) is 0 Å². The third kappa shape index (κ3) is 5.04. The quantitative estimate of drug-likeness (QED) is 0.624. The Balaban J connectivity index is 2.06. The van der Waals surface area contributed by atoms with Crippen molar-refractivity contribution in [3.05, 3.63) is 59.7 Å². The fourth-order valence-corrected chi connectivity index (χ4v) is 2.27. The number of aryl methyl sites for hydroxylation is 1. The molecule has 1 amide bonds. The van der Waals surface area contributed by atoms with Crippen LogP contribution in [-0.2, 0) is 11.2 Å². The van der Waals surface area contributed by atoms with Crippen LogP contribution in [0.3, 0.4) is 0 Å². The van der Waals surface area contributed by atoms with Gasteiger partial charge in [0.2, 0.25) is 5.91 Å². The first-order chi connectivity index (χ1) is 11.1. The van der Waals surface area contributed by atoms with Crippen molar-refractivity contribution < 1.29 is 14.6 Å². The summed E-state index contributed by atoms with van der Waals surface area (Å²) in [5.41, 5.74) is 2.33. The van der Waals surface area contributed by atoms with E-state index >= 15 is 0 Å². The number of carbonyl (C=O) groups excluding carboxylic acids is 1. The predicted octanol–water partition coefficient (Wildman–Crippen LogP) is 3.83. The van der Waals surface area contributed by atoms with Crippen LogP contribution in [-0.4, -0.2) is 24.0 Å². The van der Waals surface area contributed by atoms with Gasteiger partial charge in [0.05, 0.1) is 7.11 Å². The number of phenols is 1. The zero-order valence-electron chi connectivity index (χ0n) is 12.8. The third-order valence-corrected chi connectivity index (χ3v) is 3.45. The standard InChI is InChI=1S/C18H18ClNO3/c1-23-16-7-2-13(3-8-16)4-9-18(22)20-17-12-15(21)6-5-14(17)10-11-19/h2-9,12,21H,10-11H2,1H3,(H,20,22). The van der Waals surface area contributed by atoms with Crippen molar-refractivity contribution in [2.45, 2.75) is 6.42 Å². The van der Waals surface area contributed by atoms with Crippen LogP contribution in [0.5, 0.6) is 11.5 Å². The van der Waals surface area contributed by atoms with Crippen LogP contribution in [0.1, 0.15) is 11.1 Å². The number of rotatable bonds is 6. The normalized spacial score (nSPS) is 10.7. The number of benzene rings is 2. The number of ether oxygens (including phenoxy) is 1. The smallest absolute Gasteiger partial charge is 0.248 e. The molecule has 2 aromatic carbocycles. The molecule has 0 aromatic heterocycles. The maximum absolute atomic E-state index is 12.0. The molecule has 0 heterocycles. The Morgan fingerprint density at radius 2 is 2.00 bits per heavy atom. The van der Waals surface area contributed by atoms with Crippen molar-refractivity contribution in [3.63, 3.8) is 0 Å². The molecule has 4 nitrogen and oxygen atoms in total. The van der Waals surface area contributed by atoms with E-state index in [-0.39, 0.29) is 11.7 Å². The van der Waals surface area contributed by atoms with Gasteiger partial charge in [0.15, 0.2) is 0 Å². The molecular formula is C18H18ClNO3. The van der Waals surface area contributed by atoms with Crippen molar-refractivity contribution in [3.8, 4) is 11.5 Å². The highest BCUT2D eigenvalue weighted by molar-refractivity contribution is 6.18. The molecule has 0 saturated carbocycles. The van der Waals surface area contributed by atoms with E-state index in [4.69, 9.17) is 16.3 Å². The van der Waals surface area contributed by atoms with Gasteiger partial charge in [-0.05, 0) is 41.8 Å². The van der Waals surface area contributed by atoms with Crippen LogP contribution in [0.4, 0.5) is 5.69 Å². The molecule has 0 aliphatic heterocycles. The molecule has 0 unspecified atom stereocenters. The highest BCUT2D eigenvalue weighted by atomic mass is 35.5. The molecule has 120 valence electrons. The van der Waals surface area contributed by atoms with E-state index in [9.17, 15) is 9.90 Å². The molecule has 2 aromatic rings. The van der Waals surface area contributed by atoms with Crippen LogP contribution in [0.15, 0.2) is 48.5 Å². The summed E-state index contributed by atoms with van der Waals surface area (Å²) in [5.74, 6) is 1.02. The van der Waals surface area contributed by atoms with E-state index in [1.54, 1.807) is 25.3 Å². The lowest BCUT2D eigenvalue weighted by atomic mass is 10.1. The number of phenolic OH excluding ortho intramolecular Hbond substituents is 1. The first kappa shape index (κ1) is 16.9. The Bertz CT molecular complexity index is 696. The number of halogens is 1. The van der Waals surface area contributed by atoms with Crippen molar-refractivity contribution in [2.75, 3.05) is 18.3 Å². The van der Waals surface area contributed by atoms with Gasteiger partial charge in [-0.25, -0.2) is 0 Å². The monoisotopic (exact) mass is 331 g/mol. The Morgan fingerprint density at radius 1 is 1.26 bits per heavy atom. The van der Waals surface area contributed by atoms with Gasteiger partial charge in [0.25, 0.3) is 0 Å². The molecule has 0 spiro atoms. The second kappa shape index (κ2) is 8.25. The van der Waals surface area contributed by atoms with Crippen LogP contribution >= 0.6 is 11.6 Å². The molecule has 23 heavy (non-hydrogen) atoms. The fourth-order valence-electron chi connectivity index (χ4n) is 2.06. The highest BCUT2D eigenvalue weighted by Gasteiger charge is 2.06. The molecule has 2 N–H and O–H groups in total. The molecule has 0 aliphatic rings. The number of amides is 1. The number of hydrogen-bond donors (Lipinski definition) is 2.